The molecule has 0 aliphatic heterocycles. The molecule has 2 aromatic carbocycles. The number of imidazole rings is 1. The summed E-state index contributed by atoms with van der Waals surface area (Å²) in [5, 5.41) is 10.6. The highest BCUT2D eigenvalue weighted by Crippen LogP contribution is 2.27. The molecule has 1 N–H and O–H groups in total. The van der Waals surface area contributed by atoms with E-state index in [2.05, 4.69) is 9.72 Å². The second kappa shape index (κ2) is 8.45. The molecule has 0 saturated carbocycles. The van der Waals surface area contributed by atoms with Crippen LogP contribution in [0.5, 0.6) is 11.6 Å². The van der Waals surface area contributed by atoms with Gasteiger partial charge in [-0.2, -0.15) is 0 Å². The zero-order valence-electron chi connectivity index (χ0n) is 17.2. The Morgan fingerprint density at radius 1 is 1.03 bits per heavy atom. The van der Waals surface area contributed by atoms with Gasteiger partial charge in [-0.3, -0.25) is 9.55 Å². The van der Waals surface area contributed by atoms with Crippen LogP contribution in [0.3, 0.4) is 0 Å². The predicted molar refractivity (Wildman–Crippen MR) is 112 cm³/mol. The zero-order valence-corrected chi connectivity index (χ0v) is 17.2. The van der Waals surface area contributed by atoms with Crippen LogP contribution >= 0.6 is 0 Å². The van der Waals surface area contributed by atoms with Gasteiger partial charge in [0.15, 0.2) is 0 Å². The van der Waals surface area contributed by atoms with E-state index in [4.69, 9.17) is 0 Å². The Hall–Kier alpha value is -4.08. The molecule has 0 bridgehead atoms. The summed E-state index contributed by atoms with van der Waals surface area (Å²) in [4.78, 5) is 17.2. The smallest absolute Gasteiger partial charge is 0.493 e. The van der Waals surface area contributed by atoms with E-state index in [-0.39, 0.29) is 29.6 Å². The number of hydrogen-bond acceptors (Lipinski definition) is 4. The van der Waals surface area contributed by atoms with Crippen molar-refractivity contribution >= 4 is 0 Å². The molecular formula is C23H17F4N3O3. The number of pyridine rings is 1. The van der Waals surface area contributed by atoms with Crippen molar-refractivity contribution in [2.24, 2.45) is 0 Å². The normalized spacial score (nSPS) is 11.5. The van der Waals surface area contributed by atoms with Gasteiger partial charge in [-0.05, 0) is 60.5 Å². The van der Waals surface area contributed by atoms with Crippen LogP contribution in [0.4, 0.5) is 17.6 Å². The van der Waals surface area contributed by atoms with Gasteiger partial charge in [0, 0.05) is 18.0 Å². The molecule has 6 nitrogen and oxygen atoms in total. The average molecular weight is 459 g/mol. The quantitative estimate of drug-likeness (QED) is 0.436. The molecule has 33 heavy (non-hydrogen) atoms. The lowest BCUT2D eigenvalue weighted by atomic mass is 10.0. The first-order chi connectivity index (χ1) is 15.6. The van der Waals surface area contributed by atoms with E-state index in [0.717, 1.165) is 16.7 Å². The topological polar surface area (TPSA) is 69.3 Å². The Bertz CT molecular complexity index is 1340. The minimum absolute atomic E-state index is 0.0791. The van der Waals surface area contributed by atoms with Crippen molar-refractivity contribution in [3.05, 3.63) is 94.5 Å². The van der Waals surface area contributed by atoms with Gasteiger partial charge in [-0.15, -0.1) is 13.2 Å². The summed E-state index contributed by atoms with van der Waals surface area (Å²) in [7, 11) is 0. The van der Waals surface area contributed by atoms with Crippen LogP contribution in [0.2, 0.25) is 0 Å². The highest BCUT2D eigenvalue weighted by Gasteiger charge is 2.31. The van der Waals surface area contributed by atoms with E-state index in [0.29, 0.717) is 16.7 Å². The molecule has 0 aliphatic carbocycles. The van der Waals surface area contributed by atoms with E-state index < -0.39 is 17.8 Å². The Balaban J connectivity index is 1.71. The van der Waals surface area contributed by atoms with Crippen LogP contribution in [0, 0.1) is 12.7 Å². The molecule has 0 saturated heterocycles. The molecule has 2 aromatic heterocycles. The number of ether oxygens (including phenoxy) is 1. The van der Waals surface area contributed by atoms with Gasteiger partial charge >= 0.3 is 12.1 Å². The number of benzene rings is 2. The third kappa shape index (κ3) is 4.59. The number of aromatic hydroxyl groups is 1. The minimum Gasteiger partial charge on any atom is -0.493 e. The van der Waals surface area contributed by atoms with E-state index in [9.17, 15) is 27.5 Å². The molecular weight excluding hydrogens is 442 g/mol. The number of rotatable bonds is 5. The molecule has 0 unspecified atom stereocenters. The van der Waals surface area contributed by atoms with Crippen LogP contribution in [0.25, 0.3) is 16.8 Å². The number of nitrogens with zero attached hydrogens (tertiary/aromatic N) is 3. The molecule has 0 fully saturated rings. The average Bonchev–Trinajstić information content (AvgIpc) is 2.98. The van der Waals surface area contributed by atoms with Gasteiger partial charge in [0.05, 0.1) is 17.9 Å². The molecule has 4 rings (SSSR count). The van der Waals surface area contributed by atoms with Crippen LogP contribution in [-0.2, 0) is 6.54 Å². The van der Waals surface area contributed by atoms with Crippen molar-refractivity contribution in [2.45, 2.75) is 19.8 Å². The summed E-state index contributed by atoms with van der Waals surface area (Å²) < 4.78 is 56.6. The van der Waals surface area contributed by atoms with Crippen molar-refractivity contribution in [1.82, 2.24) is 14.1 Å². The monoisotopic (exact) mass is 459 g/mol. The number of halogens is 4. The van der Waals surface area contributed by atoms with E-state index in [1.807, 2.05) is 0 Å². The minimum atomic E-state index is -4.84. The number of aromatic nitrogens is 3. The molecule has 0 atom stereocenters. The van der Waals surface area contributed by atoms with Crippen molar-refractivity contribution in [2.75, 3.05) is 0 Å². The molecule has 0 spiro atoms. The lowest BCUT2D eigenvalue weighted by Gasteiger charge is -2.11. The third-order valence-electron chi connectivity index (χ3n) is 5.09. The van der Waals surface area contributed by atoms with E-state index in [1.54, 1.807) is 37.5 Å². The zero-order chi connectivity index (χ0) is 23.8. The van der Waals surface area contributed by atoms with Gasteiger partial charge in [0.2, 0.25) is 5.88 Å². The van der Waals surface area contributed by atoms with Gasteiger partial charge in [0.25, 0.3) is 0 Å². The molecule has 170 valence electrons. The highest BCUT2D eigenvalue weighted by molar-refractivity contribution is 5.66. The van der Waals surface area contributed by atoms with Gasteiger partial charge < -0.3 is 9.84 Å². The first-order valence-electron chi connectivity index (χ1n) is 9.70. The maximum absolute atomic E-state index is 13.3. The fourth-order valence-electron chi connectivity index (χ4n) is 3.47. The largest absolute Gasteiger partial charge is 0.573 e. The summed E-state index contributed by atoms with van der Waals surface area (Å²) in [6.07, 6.45) is -1.69. The number of hydrogen-bond donors (Lipinski definition) is 1. The predicted octanol–water partition coefficient (Wildman–Crippen LogP) is 4.80. The molecule has 2 heterocycles. The Morgan fingerprint density at radius 3 is 2.33 bits per heavy atom. The van der Waals surface area contributed by atoms with Gasteiger partial charge in [-0.25, -0.2) is 13.8 Å². The maximum atomic E-state index is 13.3. The Morgan fingerprint density at radius 2 is 1.70 bits per heavy atom. The Labute approximate surface area is 184 Å². The summed E-state index contributed by atoms with van der Waals surface area (Å²) in [6.45, 7) is 1.63. The van der Waals surface area contributed by atoms with Crippen LogP contribution in [-0.4, -0.2) is 25.6 Å². The molecule has 0 radical (unpaired) electrons. The summed E-state index contributed by atoms with van der Waals surface area (Å²) in [5.74, 6) is -1.18. The van der Waals surface area contributed by atoms with Gasteiger partial charge in [0.1, 0.15) is 11.6 Å². The Kier molecular flexibility index (Phi) is 5.67. The fourth-order valence-corrected chi connectivity index (χ4v) is 3.47. The lowest BCUT2D eigenvalue weighted by molar-refractivity contribution is -0.274. The molecule has 10 heteroatoms. The van der Waals surface area contributed by atoms with Crippen molar-refractivity contribution in [3.8, 4) is 28.4 Å². The van der Waals surface area contributed by atoms with E-state index in [1.165, 1.54) is 28.8 Å². The van der Waals surface area contributed by atoms with Crippen molar-refractivity contribution in [3.63, 3.8) is 0 Å². The van der Waals surface area contributed by atoms with Crippen LogP contribution in [0.15, 0.2) is 71.8 Å². The van der Waals surface area contributed by atoms with Gasteiger partial charge in [-0.1, -0.05) is 12.1 Å². The van der Waals surface area contributed by atoms with Crippen LogP contribution in [0.1, 0.15) is 11.3 Å². The first kappa shape index (κ1) is 22.1. The standard InChI is InChI=1S/C23H17F4N3O3/c1-14-21(31)30(18-6-8-19(9-7-18)33-23(25,26)27)22(32)29(14)13-16-10-11-28-12-20(16)15-2-4-17(24)5-3-15/h2-12,31H,13H2,1H3. The van der Waals surface area contributed by atoms with Crippen molar-refractivity contribution < 1.29 is 27.4 Å². The molecule has 0 aliphatic rings. The lowest BCUT2D eigenvalue weighted by Crippen LogP contribution is -2.24. The first-order valence-corrected chi connectivity index (χ1v) is 9.70. The highest BCUT2D eigenvalue weighted by atomic mass is 19.4. The summed E-state index contributed by atoms with van der Waals surface area (Å²) >= 11 is 0. The van der Waals surface area contributed by atoms with Crippen molar-refractivity contribution in [1.29, 1.82) is 0 Å². The summed E-state index contributed by atoms with van der Waals surface area (Å²) in [6, 6.07) is 12.1. The molecule has 0 amide bonds. The second-order valence-corrected chi connectivity index (χ2v) is 7.19. The summed E-state index contributed by atoms with van der Waals surface area (Å²) in [5.41, 5.74) is 1.93. The second-order valence-electron chi connectivity index (χ2n) is 7.19. The maximum Gasteiger partial charge on any atom is 0.573 e. The third-order valence-corrected chi connectivity index (χ3v) is 5.09. The van der Waals surface area contributed by atoms with Crippen LogP contribution < -0.4 is 10.4 Å². The SMILES string of the molecule is Cc1c(O)n(-c2ccc(OC(F)(F)F)cc2)c(=O)n1Cc1ccncc1-c1ccc(F)cc1. The fraction of sp³-hybridized carbons (Fsp3) is 0.130. The molecule has 4 aromatic rings. The van der Waals surface area contributed by atoms with E-state index >= 15 is 0 Å². The number of alkyl halides is 3.